The molecule has 0 amide bonds. The number of carbonyl (C=O) groups excluding carboxylic acids is 1. The Kier molecular flexibility index (Phi) is 4.20. The van der Waals surface area contributed by atoms with Crippen molar-refractivity contribution in [1.82, 2.24) is 0 Å². The third kappa shape index (κ3) is 3.23. The van der Waals surface area contributed by atoms with E-state index in [-0.39, 0.29) is 15.5 Å². The molecule has 0 unspecified atom stereocenters. The molecule has 0 aliphatic carbocycles. The maximum absolute atomic E-state index is 12.8. The third-order valence-electron chi connectivity index (χ3n) is 2.66. The van der Waals surface area contributed by atoms with Crippen LogP contribution in [0, 0.1) is 5.82 Å². The molecule has 0 bridgehead atoms. The van der Waals surface area contributed by atoms with E-state index in [0.29, 0.717) is 0 Å². The minimum atomic E-state index is -3.82. The molecule has 2 rings (SSSR count). The third-order valence-corrected chi connectivity index (χ3v) is 4.77. The number of rotatable bonds is 4. The first-order valence-electron chi connectivity index (χ1n) is 5.66. The van der Waals surface area contributed by atoms with Gasteiger partial charge in [-0.3, -0.25) is 4.79 Å². The van der Waals surface area contributed by atoms with E-state index in [1.165, 1.54) is 30.3 Å². The van der Waals surface area contributed by atoms with Crippen LogP contribution in [0.1, 0.15) is 10.4 Å². The number of carbonyl (C=O) groups is 1. The summed E-state index contributed by atoms with van der Waals surface area (Å²) < 4.78 is 37.0. The quantitative estimate of drug-likeness (QED) is 0.815. The lowest BCUT2D eigenvalue weighted by atomic mass is 10.1. The molecule has 3 nitrogen and oxygen atoms in total. The summed E-state index contributed by atoms with van der Waals surface area (Å²) in [5.74, 6) is -1.80. The van der Waals surface area contributed by atoms with Gasteiger partial charge in [-0.05, 0) is 36.4 Å². The molecule has 20 heavy (non-hydrogen) atoms. The second kappa shape index (κ2) is 5.73. The summed E-state index contributed by atoms with van der Waals surface area (Å²) in [5.41, 5.74) is 0.141. The Morgan fingerprint density at radius 3 is 2.25 bits per heavy atom. The van der Waals surface area contributed by atoms with Crippen LogP contribution in [0.15, 0.2) is 53.4 Å². The summed E-state index contributed by atoms with van der Waals surface area (Å²) in [6.45, 7) is 0. The van der Waals surface area contributed by atoms with Crippen molar-refractivity contribution < 1.29 is 17.6 Å². The Morgan fingerprint density at radius 1 is 1.05 bits per heavy atom. The molecule has 0 aromatic heterocycles. The van der Waals surface area contributed by atoms with Gasteiger partial charge in [-0.25, -0.2) is 12.8 Å². The Morgan fingerprint density at radius 2 is 1.65 bits per heavy atom. The highest BCUT2D eigenvalue weighted by atomic mass is 35.5. The first kappa shape index (κ1) is 14.7. The molecule has 0 heterocycles. The number of benzene rings is 2. The van der Waals surface area contributed by atoms with Crippen molar-refractivity contribution in [3.8, 4) is 0 Å². The average Bonchev–Trinajstić information content (AvgIpc) is 2.39. The zero-order chi connectivity index (χ0) is 14.8. The van der Waals surface area contributed by atoms with E-state index in [1.807, 2.05) is 0 Å². The van der Waals surface area contributed by atoms with Gasteiger partial charge in [0.2, 0.25) is 0 Å². The van der Waals surface area contributed by atoms with Gasteiger partial charge < -0.3 is 0 Å². The number of hydrogen-bond donors (Lipinski definition) is 0. The average molecular weight is 313 g/mol. The van der Waals surface area contributed by atoms with Crippen molar-refractivity contribution >= 4 is 27.2 Å². The molecule has 0 fully saturated rings. The van der Waals surface area contributed by atoms with Crippen molar-refractivity contribution in [3.05, 3.63) is 64.9 Å². The van der Waals surface area contributed by atoms with Gasteiger partial charge in [-0.15, -0.1) is 0 Å². The number of sulfone groups is 1. The molecule has 0 radical (unpaired) electrons. The van der Waals surface area contributed by atoms with E-state index in [0.717, 1.165) is 12.1 Å². The van der Waals surface area contributed by atoms with Gasteiger partial charge in [0, 0.05) is 5.56 Å². The van der Waals surface area contributed by atoms with E-state index in [1.54, 1.807) is 6.07 Å². The molecular formula is C14H10ClFO3S. The van der Waals surface area contributed by atoms with Crippen molar-refractivity contribution in [2.24, 2.45) is 0 Å². The molecule has 6 heteroatoms. The molecule has 2 aromatic rings. The number of ketones is 1. The monoisotopic (exact) mass is 312 g/mol. The summed E-state index contributed by atoms with van der Waals surface area (Å²) in [4.78, 5) is 11.8. The van der Waals surface area contributed by atoms with Crippen LogP contribution in [-0.4, -0.2) is 20.0 Å². The first-order chi connectivity index (χ1) is 9.40. The lowest BCUT2D eigenvalue weighted by molar-refractivity contribution is 0.102. The van der Waals surface area contributed by atoms with E-state index in [9.17, 15) is 17.6 Å². The van der Waals surface area contributed by atoms with Crippen LogP contribution in [0.2, 0.25) is 5.02 Å². The van der Waals surface area contributed by atoms with Crippen molar-refractivity contribution in [2.45, 2.75) is 4.90 Å². The highest BCUT2D eigenvalue weighted by Crippen LogP contribution is 2.22. The van der Waals surface area contributed by atoms with E-state index < -0.39 is 27.2 Å². The predicted octanol–water partition coefficient (Wildman–Crippen LogP) is 3.14. The van der Waals surface area contributed by atoms with Crippen molar-refractivity contribution in [3.63, 3.8) is 0 Å². The summed E-state index contributed by atoms with van der Waals surface area (Å²) in [5, 5.41) is 0.0689. The molecule has 0 saturated heterocycles. The standard InChI is InChI=1S/C14H10ClFO3S/c15-12-3-1-2-4-14(12)20(18,19)9-13(17)10-5-7-11(16)8-6-10/h1-8H,9H2. The lowest BCUT2D eigenvalue weighted by Gasteiger charge is -2.06. The van der Waals surface area contributed by atoms with Gasteiger partial charge in [-0.1, -0.05) is 23.7 Å². The zero-order valence-electron chi connectivity index (χ0n) is 10.2. The first-order valence-corrected chi connectivity index (χ1v) is 7.69. The van der Waals surface area contributed by atoms with Crippen LogP contribution < -0.4 is 0 Å². The molecule has 2 aromatic carbocycles. The fraction of sp³-hybridized carbons (Fsp3) is 0.0714. The van der Waals surface area contributed by atoms with Gasteiger partial charge >= 0.3 is 0 Å². The minimum absolute atomic E-state index is 0.0689. The van der Waals surface area contributed by atoms with Gasteiger partial charge in [0.1, 0.15) is 11.6 Å². The fourth-order valence-electron chi connectivity index (χ4n) is 1.67. The second-order valence-electron chi connectivity index (χ2n) is 4.12. The van der Waals surface area contributed by atoms with Crippen LogP contribution in [0.5, 0.6) is 0 Å². The fourth-order valence-corrected chi connectivity index (χ4v) is 3.47. The normalized spacial score (nSPS) is 11.3. The molecule has 0 atom stereocenters. The van der Waals surface area contributed by atoms with E-state index in [4.69, 9.17) is 11.6 Å². The van der Waals surface area contributed by atoms with E-state index in [2.05, 4.69) is 0 Å². The molecular weight excluding hydrogens is 303 g/mol. The highest BCUT2D eigenvalue weighted by Gasteiger charge is 2.22. The summed E-state index contributed by atoms with van der Waals surface area (Å²) in [6, 6.07) is 10.6. The van der Waals surface area contributed by atoms with Crippen LogP contribution in [0.25, 0.3) is 0 Å². The van der Waals surface area contributed by atoms with Gasteiger partial charge in [-0.2, -0.15) is 0 Å². The van der Waals surface area contributed by atoms with E-state index >= 15 is 0 Å². The molecule has 0 N–H and O–H groups in total. The molecule has 104 valence electrons. The van der Waals surface area contributed by atoms with Gasteiger partial charge in [0.15, 0.2) is 15.6 Å². The largest absolute Gasteiger partial charge is 0.293 e. The zero-order valence-corrected chi connectivity index (χ0v) is 11.8. The predicted molar refractivity (Wildman–Crippen MR) is 74.2 cm³/mol. The smallest absolute Gasteiger partial charge is 0.187 e. The SMILES string of the molecule is O=C(CS(=O)(=O)c1ccccc1Cl)c1ccc(F)cc1. The van der Waals surface area contributed by atoms with Gasteiger partial charge in [0.05, 0.1) is 9.92 Å². The topological polar surface area (TPSA) is 51.2 Å². The Bertz CT molecular complexity index is 739. The van der Waals surface area contributed by atoms with Crippen LogP contribution in [-0.2, 0) is 9.84 Å². The number of halogens is 2. The Hall–Kier alpha value is -1.72. The Labute approximate surface area is 120 Å². The summed E-state index contributed by atoms with van der Waals surface area (Å²) in [6.07, 6.45) is 0. The van der Waals surface area contributed by atoms with Crippen LogP contribution in [0.4, 0.5) is 4.39 Å². The summed E-state index contributed by atoms with van der Waals surface area (Å²) in [7, 11) is -3.82. The lowest BCUT2D eigenvalue weighted by Crippen LogP contribution is -2.16. The molecule has 0 saturated carbocycles. The van der Waals surface area contributed by atoms with Crippen molar-refractivity contribution in [2.75, 3.05) is 5.75 Å². The second-order valence-corrected chi connectivity index (χ2v) is 6.48. The highest BCUT2D eigenvalue weighted by molar-refractivity contribution is 7.92. The number of hydrogen-bond acceptors (Lipinski definition) is 3. The maximum Gasteiger partial charge on any atom is 0.187 e. The van der Waals surface area contributed by atoms with Crippen LogP contribution in [0.3, 0.4) is 0 Å². The maximum atomic E-state index is 12.8. The number of Topliss-reactive ketones (excluding diaryl/α,β-unsaturated/α-hetero) is 1. The van der Waals surface area contributed by atoms with Crippen molar-refractivity contribution in [1.29, 1.82) is 0 Å². The molecule has 0 spiro atoms. The minimum Gasteiger partial charge on any atom is -0.293 e. The summed E-state index contributed by atoms with van der Waals surface area (Å²) >= 11 is 5.82. The Balaban J connectivity index is 2.27. The molecule has 0 aliphatic rings. The van der Waals surface area contributed by atoms with Crippen LogP contribution >= 0.6 is 11.6 Å². The van der Waals surface area contributed by atoms with Gasteiger partial charge in [0.25, 0.3) is 0 Å². The molecule has 0 aliphatic heterocycles.